The molecule has 5 rings (SSSR count). The lowest BCUT2D eigenvalue weighted by molar-refractivity contribution is -0.138. The van der Waals surface area contributed by atoms with Gasteiger partial charge in [-0.2, -0.15) is 13.2 Å². The molecule has 0 spiro atoms. The molecule has 0 fully saturated rings. The summed E-state index contributed by atoms with van der Waals surface area (Å²) in [5.41, 5.74) is 3.40. The number of sulfonamides is 1. The van der Waals surface area contributed by atoms with E-state index in [0.29, 0.717) is 35.2 Å². The fraction of sp³-hybridized carbons (Fsp3) is 0.207. The summed E-state index contributed by atoms with van der Waals surface area (Å²) < 4.78 is 68.6. The third-order valence-corrected chi connectivity index (χ3v) is 9.70. The number of carbonyl (C=O) groups is 1. The van der Waals surface area contributed by atoms with Crippen LogP contribution >= 0.6 is 11.3 Å². The number of thiophene rings is 1. The maximum Gasteiger partial charge on any atom is 0.416 e. The van der Waals surface area contributed by atoms with Gasteiger partial charge in [-0.3, -0.25) is 4.79 Å². The van der Waals surface area contributed by atoms with Crippen molar-refractivity contribution in [2.24, 2.45) is 0 Å². The van der Waals surface area contributed by atoms with E-state index in [0.717, 1.165) is 22.5 Å². The van der Waals surface area contributed by atoms with Crippen LogP contribution in [0, 0.1) is 13.8 Å². The van der Waals surface area contributed by atoms with Gasteiger partial charge in [0.1, 0.15) is 4.21 Å². The smallest absolute Gasteiger partial charge is 0.322 e. The highest BCUT2D eigenvalue weighted by Crippen LogP contribution is 2.37. The lowest BCUT2D eigenvalue weighted by Crippen LogP contribution is -2.34. The lowest BCUT2D eigenvalue weighted by atomic mass is 9.92. The minimum atomic E-state index is -4.46. The molecule has 0 saturated carbocycles. The summed E-state index contributed by atoms with van der Waals surface area (Å²) in [4.78, 5) is 13.3. The number of halogens is 3. The molecule has 0 aliphatic heterocycles. The number of fused-ring (bicyclic) bond motifs is 1. The zero-order valence-corrected chi connectivity index (χ0v) is 22.7. The first-order chi connectivity index (χ1) is 18.4. The number of hydrogen-bond donors (Lipinski definition) is 2. The van der Waals surface area contributed by atoms with E-state index in [1.54, 1.807) is 47.8 Å². The number of anilines is 1. The van der Waals surface area contributed by atoms with Gasteiger partial charge in [-0.1, -0.05) is 42.5 Å². The van der Waals surface area contributed by atoms with Crippen molar-refractivity contribution in [3.05, 3.63) is 105 Å². The Balaban J connectivity index is 1.35. The zero-order chi connectivity index (χ0) is 27.9. The Hall–Kier alpha value is -3.47. The monoisotopic (exact) mass is 570 g/mol. The third kappa shape index (κ3) is 5.63. The molecule has 202 valence electrons. The second-order valence-electron chi connectivity index (χ2n) is 9.62. The molecule has 39 heavy (non-hydrogen) atoms. The van der Waals surface area contributed by atoms with E-state index in [-0.39, 0.29) is 21.4 Å². The van der Waals surface area contributed by atoms with Crippen LogP contribution in [0.15, 0.2) is 76.3 Å². The molecule has 1 heterocycles. The summed E-state index contributed by atoms with van der Waals surface area (Å²) in [7, 11) is -3.60. The van der Waals surface area contributed by atoms with Crippen LogP contribution in [0.1, 0.15) is 38.2 Å². The third-order valence-electron chi connectivity index (χ3n) is 6.78. The average molecular weight is 571 g/mol. The Morgan fingerprint density at radius 1 is 0.923 bits per heavy atom. The highest BCUT2D eigenvalue weighted by atomic mass is 32.2. The zero-order valence-electron chi connectivity index (χ0n) is 21.1. The van der Waals surface area contributed by atoms with E-state index in [9.17, 15) is 26.4 Å². The average Bonchev–Trinajstić information content (AvgIpc) is 3.52. The van der Waals surface area contributed by atoms with Crippen molar-refractivity contribution in [1.82, 2.24) is 4.72 Å². The Kier molecular flexibility index (Phi) is 7.13. The molecule has 4 aromatic rings. The first kappa shape index (κ1) is 27.1. The van der Waals surface area contributed by atoms with Crippen LogP contribution in [0.5, 0.6) is 0 Å². The molecule has 1 aromatic heterocycles. The first-order valence-corrected chi connectivity index (χ1v) is 14.6. The van der Waals surface area contributed by atoms with Crippen LogP contribution in [0.2, 0.25) is 0 Å². The minimum Gasteiger partial charge on any atom is -0.322 e. The van der Waals surface area contributed by atoms with Gasteiger partial charge in [0.2, 0.25) is 10.0 Å². The molecule has 10 heteroatoms. The highest BCUT2D eigenvalue weighted by Gasteiger charge is 2.34. The van der Waals surface area contributed by atoms with E-state index < -0.39 is 27.7 Å². The molecule has 0 saturated heterocycles. The second kappa shape index (κ2) is 10.3. The van der Waals surface area contributed by atoms with Gasteiger partial charge in [-0.05, 0) is 89.7 Å². The number of benzene rings is 3. The van der Waals surface area contributed by atoms with Gasteiger partial charge < -0.3 is 5.32 Å². The first-order valence-electron chi connectivity index (χ1n) is 12.2. The Morgan fingerprint density at radius 3 is 2.28 bits per heavy atom. The maximum absolute atomic E-state index is 13.5. The standard InChI is InChI=1S/C29H25F3N2O3S2/c1-17-12-21(13-18(2)27(17)29(30,31)32)24-6-3-4-7-25(24)28(35)33-22-10-9-19-14-23(16-20(19)15-22)34-39(36,37)26-8-5-11-38-26/h3-13,15,23,34H,14,16H2,1-2H3,(H,33,35)/t23-/m1/s1. The van der Waals surface area contributed by atoms with Crippen LogP contribution in [0.4, 0.5) is 18.9 Å². The predicted molar refractivity (Wildman–Crippen MR) is 147 cm³/mol. The number of carbonyl (C=O) groups excluding carboxylic acids is 1. The molecule has 0 bridgehead atoms. The number of hydrogen-bond acceptors (Lipinski definition) is 4. The van der Waals surface area contributed by atoms with E-state index in [1.165, 1.54) is 26.0 Å². The molecule has 1 aliphatic rings. The number of alkyl halides is 3. The van der Waals surface area contributed by atoms with Gasteiger partial charge in [0.25, 0.3) is 5.91 Å². The summed E-state index contributed by atoms with van der Waals surface area (Å²) in [5, 5.41) is 4.61. The molecule has 1 atom stereocenters. The topological polar surface area (TPSA) is 75.3 Å². The van der Waals surface area contributed by atoms with E-state index in [1.807, 2.05) is 12.1 Å². The van der Waals surface area contributed by atoms with Crippen molar-refractivity contribution < 1.29 is 26.4 Å². The fourth-order valence-corrected chi connectivity index (χ4v) is 7.42. The minimum absolute atomic E-state index is 0.0931. The van der Waals surface area contributed by atoms with Gasteiger partial charge in [0.15, 0.2) is 0 Å². The number of amides is 1. The predicted octanol–water partition coefficient (Wildman–Crippen LogP) is 6.75. The van der Waals surface area contributed by atoms with Crippen molar-refractivity contribution in [2.45, 2.75) is 43.1 Å². The Morgan fingerprint density at radius 2 is 1.62 bits per heavy atom. The summed E-state index contributed by atoms with van der Waals surface area (Å²) >= 11 is 1.16. The summed E-state index contributed by atoms with van der Waals surface area (Å²) in [6.07, 6.45) is -3.42. The van der Waals surface area contributed by atoms with Crippen molar-refractivity contribution in [3.63, 3.8) is 0 Å². The second-order valence-corrected chi connectivity index (χ2v) is 12.5. The van der Waals surface area contributed by atoms with Crippen molar-refractivity contribution in [3.8, 4) is 11.1 Å². The van der Waals surface area contributed by atoms with Gasteiger partial charge in [-0.15, -0.1) is 11.3 Å². The summed E-state index contributed by atoms with van der Waals surface area (Å²) in [5.74, 6) is -0.395. The Labute approximate surface area is 228 Å². The van der Waals surface area contributed by atoms with E-state index in [2.05, 4.69) is 10.0 Å². The van der Waals surface area contributed by atoms with Crippen LogP contribution in [-0.2, 0) is 29.0 Å². The van der Waals surface area contributed by atoms with Crippen molar-refractivity contribution in [2.75, 3.05) is 5.32 Å². The highest BCUT2D eigenvalue weighted by molar-refractivity contribution is 7.91. The van der Waals surface area contributed by atoms with Gasteiger partial charge >= 0.3 is 6.18 Å². The molecule has 1 amide bonds. The molecule has 3 aromatic carbocycles. The van der Waals surface area contributed by atoms with Gasteiger partial charge in [0, 0.05) is 17.3 Å². The number of rotatable bonds is 6. The maximum atomic E-state index is 13.5. The van der Waals surface area contributed by atoms with E-state index in [4.69, 9.17) is 0 Å². The lowest BCUT2D eigenvalue weighted by Gasteiger charge is -2.17. The van der Waals surface area contributed by atoms with Crippen molar-refractivity contribution in [1.29, 1.82) is 0 Å². The normalized spacial score (nSPS) is 15.3. The SMILES string of the molecule is Cc1cc(-c2ccccc2C(=O)Nc2ccc3c(c2)C[C@H](NS(=O)(=O)c2cccs2)C3)cc(C)c1C(F)(F)F. The van der Waals surface area contributed by atoms with Gasteiger partial charge in [0.05, 0.1) is 5.56 Å². The molecule has 5 nitrogen and oxygen atoms in total. The fourth-order valence-electron chi connectivity index (χ4n) is 5.17. The Bertz CT molecular complexity index is 1640. The molecule has 0 unspecified atom stereocenters. The molecular formula is C29H25F3N2O3S2. The van der Waals surface area contributed by atoms with E-state index >= 15 is 0 Å². The number of nitrogens with one attached hydrogen (secondary N) is 2. The van der Waals surface area contributed by atoms with Crippen LogP contribution < -0.4 is 10.0 Å². The number of aryl methyl sites for hydroxylation is 2. The summed E-state index contributed by atoms with van der Waals surface area (Å²) in [6, 6.07) is 18.1. The largest absolute Gasteiger partial charge is 0.416 e. The van der Waals surface area contributed by atoms with Crippen LogP contribution in [0.3, 0.4) is 0 Å². The molecular weight excluding hydrogens is 545 g/mol. The molecule has 1 aliphatic carbocycles. The van der Waals surface area contributed by atoms with Crippen LogP contribution in [-0.4, -0.2) is 20.4 Å². The quantitative estimate of drug-likeness (QED) is 0.269. The summed E-state index contributed by atoms with van der Waals surface area (Å²) in [6.45, 7) is 2.83. The van der Waals surface area contributed by atoms with Crippen molar-refractivity contribution >= 4 is 33.0 Å². The molecule has 0 radical (unpaired) electrons. The molecule has 2 N–H and O–H groups in total. The van der Waals surface area contributed by atoms with Crippen LogP contribution in [0.25, 0.3) is 11.1 Å². The van der Waals surface area contributed by atoms with Gasteiger partial charge in [-0.25, -0.2) is 13.1 Å².